The molecule has 4 rings (SSSR count). The predicted octanol–water partition coefficient (Wildman–Crippen LogP) is 4.77. The Balaban J connectivity index is 0.00000306. The van der Waals surface area contributed by atoms with Gasteiger partial charge >= 0.3 is 0 Å². The average Bonchev–Trinajstić information content (AvgIpc) is 3.16. The fourth-order valence-electron chi connectivity index (χ4n) is 4.24. The summed E-state index contributed by atoms with van der Waals surface area (Å²) in [4.78, 5) is 35.5. The number of rotatable bonds is 7. The zero-order valence-electron chi connectivity index (χ0n) is 17.9. The van der Waals surface area contributed by atoms with E-state index in [0.29, 0.717) is 18.2 Å². The van der Waals surface area contributed by atoms with E-state index >= 15 is 0 Å². The smallest absolute Gasteiger partial charge is 0.251 e. The molecular formula is C23H25Cl2FN4O3. The van der Waals surface area contributed by atoms with Gasteiger partial charge in [-0.05, 0) is 24.5 Å². The molecule has 0 spiro atoms. The van der Waals surface area contributed by atoms with Crippen molar-refractivity contribution in [2.45, 2.75) is 44.6 Å². The first-order valence-electron chi connectivity index (χ1n) is 10.7. The molecule has 2 heterocycles. The number of carbonyl (C=O) groups excluding carboxylic acids is 2. The van der Waals surface area contributed by atoms with E-state index in [1.807, 2.05) is 0 Å². The summed E-state index contributed by atoms with van der Waals surface area (Å²) in [7, 11) is 0. The van der Waals surface area contributed by atoms with E-state index in [1.165, 1.54) is 54.2 Å². The van der Waals surface area contributed by atoms with Crippen LogP contribution in [-0.2, 0) is 9.59 Å². The van der Waals surface area contributed by atoms with Gasteiger partial charge in [-0.25, -0.2) is 9.37 Å². The fraction of sp³-hybridized carbons (Fsp3) is 0.391. The Labute approximate surface area is 202 Å². The van der Waals surface area contributed by atoms with Gasteiger partial charge in [-0.3, -0.25) is 14.6 Å². The fourth-order valence-corrected chi connectivity index (χ4v) is 4.44. The van der Waals surface area contributed by atoms with Crippen LogP contribution in [0.1, 0.15) is 38.5 Å². The number of nitrogens with one attached hydrogen (secondary N) is 1. The number of carbonyl (C=O) groups is 2. The van der Waals surface area contributed by atoms with Crippen LogP contribution < -0.4 is 10.1 Å². The second kappa shape index (κ2) is 11.4. The molecule has 1 N–H and O–H groups in total. The lowest BCUT2D eigenvalue weighted by molar-refractivity contribution is -0.134. The van der Waals surface area contributed by atoms with Crippen molar-refractivity contribution in [2.24, 2.45) is 5.92 Å². The lowest BCUT2D eigenvalue weighted by Gasteiger charge is -2.31. The second-order valence-corrected chi connectivity index (χ2v) is 8.47. The average molecular weight is 495 g/mol. The summed E-state index contributed by atoms with van der Waals surface area (Å²) in [5.41, 5.74) is 0. The van der Waals surface area contributed by atoms with E-state index in [1.54, 1.807) is 0 Å². The topological polar surface area (TPSA) is 84.4 Å². The van der Waals surface area contributed by atoms with Crippen LogP contribution in [0, 0.1) is 11.7 Å². The highest BCUT2D eigenvalue weighted by molar-refractivity contribution is 6.32. The van der Waals surface area contributed by atoms with E-state index in [-0.39, 0.29) is 47.3 Å². The molecule has 1 unspecified atom stereocenters. The highest BCUT2D eigenvalue weighted by Crippen LogP contribution is 2.33. The van der Waals surface area contributed by atoms with Crippen molar-refractivity contribution in [3.05, 3.63) is 59.5 Å². The minimum Gasteiger partial charge on any atom is -0.455 e. The number of hydrogen-bond acceptors (Lipinski definition) is 5. The molecule has 1 aliphatic heterocycles. The number of hydrogen-bond donors (Lipinski definition) is 1. The Bertz CT molecular complexity index is 996. The lowest BCUT2D eigenvalue weighted by atomic mass is 9.84. The van der Waals surface area contributed by atoms with Crippen molar-refractivity contribution >= 4 is 41.6 Å². The molecule has 0 bridgehead atoms. The van der Waals surface area contributed by atoms with Gasteiger partial charge in [0, 0.05) is 18.5 Å². The molecule has 1 aromatic carbocycles. The first kappa shape index (κ1) is 24.9. The maximum atomic E-state index is 14.1. The van der Waals surface area contributed by atoms with Crippen LogP contribution in [0.3, 0.4) is 0 Å². The number of halogens is 3. The lowest BCUT2D eigenvalue weighted by Crippen LogP contribution is -2.46. The van der Waals surface area contributed by atoms with Gasteiger partial charge in [0.15, 0.2) is 17.4 Å². The Morgan fingerprint density at radius 2 is 2.06 bits per heavy atom. The van der Waals surface area contributed by atoms with Crippen molar-refractivity contribution in [1.82, 2.24) is 14.9 Å². The predicted molar refractivity (Wildman–Crippen MR) is 125 cm³/mol. The first-order valence-corrected chi connectivity index (χ1v) is 11.1. The third kappa shape index (κ3) is 6.21. The highest BCUT2D eigenvalue weighted by Gasteiger charge is 2.36. The highest BCUT2D eigenvalue weighted by atomic mass is 35.5. The number of anilines is 1. The number of benzene rings is 1. The van der Waals surface area contributed by atoms with Gasteiger partial charge in [0.25, 0.3) is 5.91 Å². The number of ether oxygens (including phenoxy) is 1. The molecule has 10 heteroatoms. The maximum absolute atomic E-state index is 14.1. The number of aromatic nitrogens is 2. The quantitative estimate of drug-likeness (QED) is 0.598. The molecule has 0 radical (unpaired) electrons. The summed E-state index contributed by atoms with van der Waals surface area (Å²) in [6.07, 6.45) is 11.8. The molecule has 2 aliphatic rings. The van der Waals surface area contributed by atoms with Gasteiger partial charge in [0.2, 0.25) is 5.91 Å². The van der Waals surface area contributed by atoms with Gasteiger partial charge in [0.1, 0.15) is 11.8 Å². The van der Waals surface area contributed by atoms with Crippen molar-refractivity contribution in [2.75, 3.05) is 11.9 Å². The van der Waals surface area contributed by atoms with Crippen LogP contribution in [0.4, 0.5) is 10.2 Å². The van der Waals surface area contributed by atoms with Gasteiger partial charge < -0.3 is 15.0 Å². The van der Waals surface area contributed by atoms with Crippen LogP contribution in [0.2, 0.25) is 5.02 Å². The molecule has 33 heavy (non-hydrogen) atoms. The monoisotopic (exact) mass is 494 g/mol. The Morgan fingerprint density at radius 3 is 2.76 bits per heavy atom. The minimum atomic E-state index is -0.707. The van der Waals surface area contributed by atoms with E-state index in [2.05, 4.69) is 15.3 Å². The van der Waals surface area contributed by atoms with Crippen molar-refractivity contribution in [3.8, 4) is 5.75 Å². The molecule has 1 atom stereocenters. The van der Waals surface area contributed by atoms with Crippen LogP contribution in [0.5, 0.6) is 5.75 Å². The molecule has 2 amide bonds. The molecule has 176 valence electrons. The van der Waals surface area contributed by atoms with Crippen LogP contribution in [-0.4, -0.2) is 39.3 Å². The van der Waals surface area contributed by atoms with Crippen molar-refractivity contribution in [3.63, 3.8) is 0 Å². The molecule has 1 fully saturated rings. The standard InChI is InChI=1S/C23H24ClFN4O3.ClH/c24-17-7-4-8-18(25)22(17)32-16-12-21(30)29(14-16)19(11-15-5-2-1-3-6-15)23(31)28-20-13-26-9-10-27-20;/h4,7-10,12-13,15,19H,1-3,5-6,11,14H2,(H,27,28,31);1H. The second-order valence-electron chi connectivity index (χ2n) is 8.07. The summed E-state index contributed by atoms with van der Waals surface area (Å²) < 4.78 is 19.7. The maximum Gasteiger partial charge on any atom is 0.251 e. The zero-order valence-corrected chi connectivity index (χ0v) is 19.4. The van der Waals surface area contributed by atoms with Crippen molar-refractivity contribution in [1.29, 1.82) is 0 Å². The molecule has 1 aromatic heterocycles. The van der Waals surface area contributed by atoms with E-state index in [9.17, 15) is 14.0 Å². The Hall–Kier alpha value is -2.71. The minimum absolute atomic E-state index is 0. The van der Waals surface area contributed by atoms with E-state index in [4.69, 9.17) is 16.3 Å². The largest absolute Gasteiger partial charge is 0.455 e. The molecule has 7 nitrogen and oxygen atoms in total. The number of para-hydroxylation sites is 1. The number of amides is 2. The normalized spacial score (nSPS) is 17.2. The van der Waals surface area contributed by atoms with Gasteiger partial charge in [-0.1, -0.05) is 49.8 Å². The van der Waals surface area contributed by atoms with E-state index in [0.717, 1.165) is 25.7 Å². The van der Waals surface area contributed by atoms with Crippen LogP contribution in [0.15, 0.2) is 48.6 Å². The van der Waals surface area contributed by atoms with E-state index < -0.39 is 11.9 Å². The van der Waals surface area contributed by atoms with Gasteiger partial charge in [-0.2, -0.15) is 0 Å². The van der Waals surface area contributed by atoms with Crippen molar-refractivity contribution < 1.29 is 18.7 Å². The van der Waals surface area contributed by atoms with Gasteiger partial charge in [0.05, 0.1) is 17.8 Å². The molecule has 1 saturated carbocycles. The molecule has 2 aromatic rings. The Morgan fingerprint density at radius 1 is 1.27 bits per heavy atom. The zero-order chi connectivity index (χ0) is 22.5. The summed E-state index contributed by atoms with van der Waals surface area (Å²) in [5.74, 6) is -0.541. The third-order valence-electron chi connectivity index (χ3n) is 5.82. The summed E-state index contributed by atoms with van der Waals surface area (Å²) in [6.45, 7) is 0.0504. The SMILES string of the molecule is Cl.O=C(Nc1cnccn1)C(CC1CCCCC1)N1CC(Oc2c(F)cccc2Cl)=CC1=O. The molecular weight excluding hydrogens is 470 g/mol. The summed E-state index contributed by atoms with van der Waals surface area (Å²) in [6, 6.07) is 3.51. The third-order valence-corrected chi connectivity index (χ3v) is 6.12. The molecule has 1 aliphatic carbocycles. The summed E-state index contributed by atoms with van der Waals surface area (Å²) in [5, 5.41) is 2.87. The van der Waals surface area contributed by atoms with Crippen LogP contribution >= 0.6 is 24.0 Å². The Kier molecular flexibility index (Phi) is 8.63. The van der Waals surface area contributed by atoms with Crippen LogP contribution in [0.25, 0.3) is 0 Å². The number of nitrogens with zero attached hydrogens (tertiary/aromatic N) is 3. The summed E-state index contributed by atoms with van der Waals surface area (Å²) >= 11 is 6.05. The first-order chi connectivity index (χ1) is 15.5. The molecule has 0 saturated heterocycles. The van der Waals surface area contributed by atoms with Gasteiger partial charge in [-0.15, -0.1) is 12.4 Å².